The van der Waals surface area contributed by atoms with E-state index in [0.29, 0.717) is 11.8 Å². The number of hydrogen-bond donors (Lipinski definition) is 2. The molecule has 2 saturated heterocycles. The standard InChI is InChI=1S/C12H20N2O/c1-12-5-10(15)3-2-9(12)4-8-6-13-7-11(8)14-12/h8-9,11,13-14H,2-7H2,1H3. The Morgan fingerprint density at radius 2 is 2.27 bits per heavy atom. The van der Waals surface area contributed by atoms with E-state index >= 15 is 0 Å². The van der Waals surface area contributed by atoms with Crippen LogP contribution in [0.1, 0.15) is 32.6 Å². The van der Waals surface area contributed by atoms with Gasteiger partial charge >= 0.3 is 0 Å². The normalized spacial score (nSPS) is 49.9. The molecule has 0 amide bonds. The van der Waals surface area contributed by atoms with Gasteiger partial charge in [-0.25, -0.2) is 0 Å². The molecule has 1 saturated carbocycles. The van der Waals surface area contributed by atoms with Gasteiger partial charge in [0.1, 0.15) is 5.78 Å². The van der Waals surface area contributed by atoms with Crippen molar-refractivity contribution in [2.24, 2.45) is 11.8 Å². The average Bonchev–Trinajstić information content (AvgIpc) is 2.59. The van der Waals surface area contributed by atoms with Gasteiger partial charge < -0.3 is 10.6 Å². The van der Waals surface area contributed by atoms with E-state index in [0.717, 1.165) is 44.2 Å². The highest BCUT2D eigenvalue weighted by atomic mass is 16.1. The molecule has 3 rings (SSSR count). The molecule has 3 heteroatoms. The zero-order chi connectivity index (χ0) is 10.5. The third kappa shape index (κ3) is 1.53. The second-order valence-electron chi connectivity index (χ2n) is 5.77. The Kier molecular flexibility index (Phi) is 2.15. The van der Waals surface area contributed by atoms with Crippen LogP contribution in [0.5, 0.6) is 0 Å². The van der Waals surface area contributed by atoms with Crippen molar-refractivity contribution >= 4 is 5.78 Å². The van der Waals surface area contributed by atoms with Crippen molar-refractivity contribution in [3.8, 4) is 0 Å². The lowest BCUT2D eigenvalue weighted by Crippen LogP contribution is -2.62. The molecule has 4 unspecified atom stereocenters. The summed E-state index contributed by atoms with van der Waals surface area (Å²) in [6.45, 7) is 4.50. The minimum absolute atomic E-state index is 0.0997. The van der Waals surface area contributed by atoms with Gasteiger partial charge in [0.15, 0.2) is 0 Å². The van der Waals surface area contributed by atoms with E-state index in [1.807, 2.05) is 0 Å². The summed E-state index contributed by atoms with van der Waals surface area (Å²) in [4.78, 5) is 11.6. The summed E-state index contributed by atoms with van der Waals surface area (Å²) < 4.78 is 0. The lowest BCUT2D eigenvalue weighted by molar-refractivity contribution is -0.124. The molecule has 2 aliphatic heterocycles. The summed E-state index contributed by atoms with van der Waals surface area (Å²) >= 11 is 0. The average molecular weight is 208 g/mol. The van der Waals surface area contributed by atoms with Crippen LogP contribution < -0.4 is 10.6 Å². The Labute approximate surface area is 91.0 Å². The first-order valence-corrected chi connectivity index (χ1v) is 6.17. The summed E-state index contributed by atoms with van der Waals surface area (Å²) in [5, 5.41) is 7.20. The largest absolute Gasteiger partial charge is 0.315 e. The predicted molar refractivity (Wildman–Crippen MR) is 58.7 cm³/mol. The van der Waals surface area contributed by atoms with Crippen molar-refractivity contribution in [1.29, 1.82) is 0 Å². The van der Waals surface area contributed by atoms with Gasteiger partial charge in [-0.1, -0.05) is 0 Å². The fourth-order valence-electron chi connectivity index (χ4n) is 3.78. The molecule has 0 aromatic rings. The van der Waals surface area contributed by atoms with Crippen molar-refractivity contribution in [2.45, 2.75) is 44.2 Å². The highest BCUT2D eigenvalue weighted by Gasteiger charge is 2.48. The molecule has 0 aromatic heterocycles. The number of ketones is 1. The van der Waals surface area contributed by atoms with Crippen LogP contribution in [0.15, 0.2) is 0 Å². The quantitative estimate of drug-likeness (QED) is 0.615. The van der Waals surface area contributed by atoms with Gasteiger partial charge in [-0.05, 0) is 38.1 Å². The number of hydrogen-bond acceptors (Lipinski definition) is 3. The third-order valence-corrected chi connectivity index (χ3v) is 4.68. The summed E-state index contributed by atoms with van der Waals surface area (Å²) in [7, 11) is 0. The van der Waals surface area contributed by atoms with E-state index in [2.05, 4.69) is 17.6 Å². The smallest absolute Gasteiger partial charge is 0.134 e. The van der Waals surface area contributed by atoms with E-state index < -0.39 is 0 Å². The second-order valence-corrected chi connectivity index (χ2v) is 5.77. The summed E-state index contributed by atoms with van der Waals surface area (Å²) in [5.74, 6) is 1.97. The van der Waals surface area contributed by atoms with Crippen LogP contribution in [-0.2, 0) is 4.79 Å². The lowest BCUT2D eigenvalue weighted by atomic mass is 9.66. The number of Topliss-reactive ketones (excluding diaryl/α,β-unsaturated/α-hetero) is 1. The summed E-state index contributed by atoms with van der Waals surface area (Å²) in [5.41, 5.74) is 0.0997. The van der Waals surface area contributed by atoms with Crippen LogP contribution in [0.4, 0.5) is 0 Å². The Balaban J connectivity index is 1.81. The third-order valence-electron chi connectivity index (χ3n) is 4.68. The number of carbonyl (C=O) groups excluding carboxylic acids is 1. The Hall–Kier alpha value is -0.410. The van der Waals surface area contributed by atoms with Gasteiger partial charge in [0.25, 0.3) is 0 Å². The molecule has 4 atom stereocenters. The first kappa shape index (κ1) is 9.79. The fourth-order valence-corrected chi connectivity index (χ4v) is 3.78. The zero-order valence-electron chi connectivity index (χ0n) is 9.38. The first-order valence-electron chi connectivity index (χ1n) is 6.17. The Morgan fingerprint density at radius 3 is 3.13 bits per heavy atom. The number of fused-ring (bicyclic) bond motifs is 2. The fraction of sp³-hybridized carbons (Fsp3) is 0.917. The van der Waals surface area contributed by atoms with Crippen molar-refractivity contribution < 1.29 is 4.79 Å². The van der Waals surface area contributed by atoms with Gasteiger partial charge in [0.05, 0.1) is 0 Å². The molecule has 3 fully saturated rings. The molecule has 1 aliphatic carbocycles. The minimum atomic E-state index is 0.0997. The maximum atomic E-state index is 11.6. The molecule has 15 heavy (non-hydrogen) atoms. The predicted octanol–water partition coefficient (Wildman–Crippen LogP) is 0.696. The number of nitrogens with one attached hydrogen (secondary N) is 2. The molecule has 0 aromatic carbocycles. The van der Waals surface area contributed by atoms with Crippen molar-refractivity contribution in [3.05, 3.63) is 0 Å². The molecule has 0 radical (unpaired) electrons. The molecule has 3 nitrogen and oxygen atoms in total. The van der Waals surface area contributed by atoms with E-state index in [4.69, 9.17) is 0 Å². The van der Waals surface area contributed by atoms with Crippen molar-refractivity contribution in [1.82, 2.24) is 10.6 Å². The van der Waals surface area contributed by atoms with E-state index in [1.165, 1.54) is 6.42 Å². The zero-order valence-corrected chi connectivity index (χ0v) is 9.38. The molecule has 0 bridgehead atoms. The van der Waals surface area contributed by atoms with Crippen LogP contribution in [0.3, 0.4) is 0 Å². The van der Waals surface area contributed by atoms with Crippen molar-refractivity contribution in [3.63, 3.8) is 0 Å². The van der Waals surface area contributed by atoms with Crippen LogP contribution in [0, 0.1) is 11.8 Å². The molecular formula is C12H20N2O. The summed E-state index contributed by atoms with van der Waals surface area (Å²) in [6.07, 6.45) is 3.98. The van der Waals surface area contributed by atoms with E-state index in [1.54, 1.807) is 0 Å². The molecule has 2 heterocycles. The molecule has 84 valence electrons. The van der Waals surface area contributed by atoms with Crippen LogP contribution in [-0.4, -0.2) is 30.5 Å². The van der Waals surface area contributed by atoms with Gasteiger partial charge in [0, 0.05) is 31.0 Å². The van der Waals surface area contributed by atoms with Gasteiger partial charge in [-0.3, -0.25) is 4.79 Å². The number of rotatable bonds is 0. The van der Waals surface area contributed by atoms with Gasteiger partial charge in [0.2, 0.25) is 0 Å². The Morgan fingerprint density at radius 1 is 1.40 bits per heavy atom. The summed E-state index contributed by atoms with van der Waals surface area (Å²) in [6, 6.07) is 0.608. The maximum absolute atomic E-state index is 11.6. The van der Waals surface area contributed by atoms with Crippen LogP contribution in [0.2, 0.25) is 0 Å². The highest BCUT2D eigenvalue weighted by molar-refractivity contribution is 5.80. The lowest BCUT2D eigenvalue weighted by Gasteiger charge is -2.49. The molecular weight excluding hydrogens is 188 g/mol. The van der Waals surface area contributed by atoms with Crippen molar-refractivity contribution in [2.75, 3.05) is 13.1 Å². The van der Waals surface area contributed by atoms with Gasteiger partial charge in [-0.2, -0.15) is 0 Å². The van der Waals surface area contributed by atoms with Crippen LogP contribution >= 0.6 is 0 Å². The monoisotopic (exact) mass is 208 g/mol. The minimum Gasteiger partial charge on any atom is -0.315 e. The van der Waals surface area contributed by atoms with Crippen LogP contribution in [0.25, 0.3) is 0 Å². The highest BCUT2D eigenvalue weighted by Crippen LogP contribution is 2.41. The van der Waals surface area contributed by atoms with Gasteiger partial charge in [-0.15, -0.1) is 0 Å². The first-order chi connectivity index (χ1) is 7.17. The Bertz CT molecular complexity index is 291. The topological polar surface area (TPSA) is 41.1 Å². The second kappa shape index (κ2) is 3.29. The van der Waals surface area contributed by atoms with E-state index in [-0.39, 0.29) is 5.54 Å². The molecule has 0 spiro atoms. The van der Waals surface area contributed by atoms with E-state index in [9.17, 15) is 4.79 Å². The number of piperidine rings is 1. The SMILES string of the molecule is CC12CC(=O)CCC1CC1CNCC1N2. The molecule has 3 aliphatic rings. The molecule has 2 N–H and O–H groups in total. The number of carbonyl (C=O) groups is 1. The maximum Gasteiger partial charge on any atom is 0.134 e.